The Bertz CT molecular complexity index is 621. The number of amides is 1. The second-order valence-corrected chi connectivity index (χ2v) is 7.71. The number of carbonyl (C=O) groups excluding carboxylic acids is 1. The van der Waals surface area contributed by atoms with Gasteiger partial charge in [-0.3, -0.25) is 4.79 Å². The molecule has 1 aliphatic heterocycles. The van der Waals surface area contributed by atoms with Gasteiger partial charge in [-0.15, -0.1) is 0 Å². The van der Waals surface area contributed by atoms with E-state index in [4.69, 9.17) is 0 Å². The first-order valence-corrected chi connectivity index (χ1v) is 8.54. The molecule has 126 valence electrons. The number of hydrogen-bond acceptors (Lipinski definition) is 3. The van der Waals surface area contributed by atoms with Crippen LogP contribution in [-0.2, 0) is 28.0 Å². The Morgan fingerprint density at radius 2 is 2.00 bits per heavy atom. The van der Waals surface area contributed by atoms with Crippen molar-refractivity contribution in [3.63, 3.8) is 0 Å². The molecule has 1 N–H and O–H groups in total. The number of fused-ring (bicyclic) bond motifs is 1. The monoisotopic (exact) mass is 335 g/mol. The highest BCUT2D eigenvalue weighted by Crippen LogP contribution is 2.30. The smallest absolute Gasteiger partial charge is 0.326 e. The lowest BCUT2D eigenvalue weighted by Crippen LogP contribution is -2.50. The molecule has 0 saturated carbocycles. The molecule has 0 bridgehead atoms. The van der Waals surface area contributed by atoms with Crippen molar-refractivity contribution in [1.82, 2.24) is 4.90 Å². The number of benzene rings is 1. The Morgan fingerprint density at radius 1 is 1.35 bits per heavy atom. The quantitative estimate of drug-likeness (QED) is 0.835. The first kappa shape index (κ1) is 17.9. The van der Waals surface area contributed by atoms with Crippen molar-refractivity contribution in [1.29, 1.82) is 0 Å². The molecule has 5 heteroatoms. The van der Waals surface area contributed by atoms with Crippen LogP contribution in [0.4, 0.5) is 0 Å². The number of aliphatic carboxylic acids is 1. The van der Waals surface area contributed by atoms with Gasteiger partial charge < -0.3 is 10.0 Å². The highest BCUT2D eigenvalue weighted by Gasteiger charge is 2.36. The van der Waals surface area contributed by atoms with Gasteiger partial charge in [0, 0.05) is 24.6 Å². The Morgan fingerprint density at radius 3 is 2.52 bits per heavy atom. The number of carboxylic acid groups (broad SMARTS) is 1. The van der Waals surface area contributed by atoms with Gasteiger partial charge in [0.1, 0.15) is 6.04 Å². The molecule has 1 aromatic rings. The number of nitrogens with zero attached hydrogens (tertiary/aromatic N) is 1. The third-order valence-corrected chi connectivity index (χ3v) is 5.01. The van der Waals surface area contributed by atoms with Crippen molar-refractivity contribution in [2.75, 3.05) is 5.75 Å². The summed E-state index contributed by atoms with van der Waals surface area (Å²) in [6, 6.07) is 5.39. The third kappa shape index (κ3) is 3.71. The molecule has 2 atom stereocenters. The fourth-order valence-corrected chi connectivity index (χ4v) is 3.02. The predicted molar refractivity (Wildman–Crippen MR) is 93.8 cm³/mol. The zero-order valence-electron chi connectivity index (χ0n) is 14.2. The maximum atomic E-state index is 12.5. The summed E-state index contributed by atoms with van der Waals surface area (Å²) in [5, 5.41) is 9.51. The van der Waals surface area contributed by atoms with Crippen molar-refractivity contribution in [3.8, 4) is 0 Å². The molecule has 0 fully saturated rings. The average molecular weight is 335 g/mol. The Hall–Kier alpha value is -1.49. The molecule has 0 spiro atoms. The van der Waals surface area contributed by atoms with Gasteiger partial charge in [-0.1, -0.05) is 45.9 Å². The molecule has 2 rings (SSSR count). The van der Waals surface area contributed by atoms with E-state index in [2.05, 4.69) is 45.5 Å². The number of hydrogen-bond donors (Lipinski definition) is 2. The largest absolute Gasteiger partial charge is 0.480 e. The van der Waals surface area contributed by atoms with E-state index in [0.29, 0.717) is 18.7 Å². The summed E-state index contributed by atoms with van der Waals surface area (Å²) >= 11 is 4.17. The van der Waals surface area contributed by atoms with Gasteiger partial charge in [-0.25, -0.2) is 4.79 Å². The minimum absolute atomic E-state index is 0.0197. The lowest BCUT2D eigenvalue weighted by Gasteiger charge is -2.36. The molecule has 1 aliphatic rings. The molecular weight excluding hydrogens is 310 g/mol. The van der Waals surface area contributed by atoms with Gasteiger partial charge in [-0.2, -0.15) is 12.6 Å². The Labute approximate surface area is 143 Å². The molecule has 1 heterocycles. The van der Waals surface area contributed by atoms with Gasteiger partial charge in [-0.05, 0) is 22.1 Å². The summed E-state index contributed by atoms with van der Waals surface area (Å²) in [5.41, 5.74) is 3.29. The molecule has 23 heavy (non-hydrogen) atoms. The van der Waals surface area contributed by atoms with E-state index in [1.165, 1.54) is 10.5 Å². The van der Waals surface area contributed by atoms with Gasteiger partial charge in [0.25, 0.3) is 0 Å². The van der Waals surface area contributed by atoms with Crippen LogP contribution in [0.2, 0.25) is 0 Å². The van der Waals surface area contributed by atoms with Gasteiger partial charge in [0.15, 0.2) is 0 Å². The molecular formula is C18H25NO3S. The van der Waals surface area contributed by atoms with Crippen molar-refractivity contribution in [3.05, 3.63) is 34.9 Å². The minimum Gasteiger partial charge on any atom is -0.480 e. The van der Waals surface area contributed by atoms with E-state index in [1.807, 2.05) is 6.07 Å². The van der Waals surface area contributed by atoms with Crippen molar-refractivity contribution in [2.45, 2.75) is 52.1 Å². The topological polar surface area (TPSA) is 57.6 Å². The maximum Gasteiger partial charge on any atom is 0.326 e. The van der Waals surface area contributed by atoms with Crippen LogP contribution in [0.3, 0.4) is 0 Å². The third-order valence-electron chi connectivity index (χ3n) is 4.47. The van der Waals surface area contributed by atoms with Crippen LogP contribution >= 0.6 is 12.6 Å². The highest BCUT2D eigenvalue weighted by atomic mass is 32.1. The standard InChI is InChI=1S/C18H25NO3S/c1-11(10-23)16(20)19-9-13-7-14(18(2,3)4)6-5-12(13)8-15(19)17(21)22/h5-7,11,15,23H,8-10H2,1-4H3,(H,21,22). The summed E-state index contributed by atoms with van der Waals surface area (Å²) in [4.78, 5) is 25.7. The maximum absolute atomic E-state index is 12.5. The zero-order chi connectivity index (χ0) is 17.4. The highest BCUT2D eigenvalue weighted by molar-refractivity contribution is 7.80. The average Bonchev–Trinajstić information content (AvgIpc) is 2.50. The van der Waals surface area contributed by atoms with E-state index < -0.39 is 12.0 Å². The number of carbonyl (C=O) groups is 2. The van der Waals surface area contributed by atoms with Crippen molar-refractivity contribution < 1.29 is 14.7 Å². The molecule has 0 radical (unpaired) electrons. The molecule has 0 aromatic heterocycles. The van der Waals surface area contributed by atoms with E-state index >= 15 is 0 Å². The molecule has 0 saturated heterocycles. The van der Waals surface area contributed by atoms with Gasteiger partial charge >= 0.3 is 5.97 Å². The number of carboxylic acids is 1. The Kier molecular flexibility index (Phi) is 5.09. The predicted octanol–water partition coefficient (Wildman–Crippen LogP) is 2.89. The van der Waals surface area contributed by atoms with Crippen LogP contribution in [0, 0.1) is 5.92 Å². The fourth-order valence-electron chi connectivity index (χ4n) is 2.86. The number of rotatable bonds is 3. The van der Waals surface area contributed by atoms with Crippen LogP contribution in [-0.4, -0.2) is 33.7 Å². The minimum atomic E-state index is -0.949. The molecule has 1 amide bonds. The SMILES string of the molecule is CC(CS)C(=O)N1Cc2cc(C(C)(C)C)ccc2CC1C(=O)O. The zero-order valence-corrected chi connectivity index (χ0v) is 15.1. The van der Waals surface area contributed by atoms with Crippen LogP contribution in [0.25, 0.3) is 0 Å². The summed E-state index contributed by atoms with van der Waals surface area (Å²) in [6.45, 7) is 8.57. The van der Waals surface area contributed by atoms with Gasteiger partial charge in [0.05, 0.1) is 0 Å². The van der Waals surface area contributed by atoms with Crippen molar-refractivity contribution >= 4 is 24.5 Å². The molecule has 1 aromatic carbocycles. The van der Waals surface area contributed by atoms with Crippen LogP contribution in [0.5, 0.6) is 0 Å². The van der Waals surface area contributed by atoms with E-state index in [1.54, 1.807) is 6.92 Å². The lowest BCUT2D eigenvalue weighted by atomic mass is 9.83. The van der Waals surface area contributed by atoms with Crippen LogP contribution < -0.4 is 0 Å². The van der Waals surface area contributed by atoms with Crippen molar-refractivity contribution in [2.24, 2.45) is 5.92 Å². The summed E-state index contributed by atoms with van der Waals surface area (Å²) < 4.78 is 0. The van der Waals surface area contributed by atoms with Crippen LogP contribution in [0.15, 0.2) is 18.2 Å². The summed E-state index contributed by atoms with van der Waals surface area (Å²) in [7, 11) is 0. The molecule has 4 nitrogen and oxygen atoms in total. The van der Waals surface area contributed by atoms with E-state index in [0.717, 1.165) is 11.1 Å². The van der Waals surface area contributed by atoms with Crippen LogP contribution in [0.1, 0.15) is 44.4 Å². The van der Waals surface area contributed by atoms with E-state index in [9.17, 15) is 14.7 Å². The van der Waals surface area contributed by atoms with Gasteiger partial charge in [0.2, 0.25) is 5.91 Å². The Balaban J connectivity index is 2.40. The second-order valence-electron chi connectivity index (χ2n) is 7.34. The normalized spacial score (nSPS) is 19.2. The summed E-state index contributed by atoms with van der Waals surface area (Å²) in [5.74, 6) is -0.960. The second kappa shape index (κ2) is 6.56. The van der Waals surface area contributed by atoms with E-state index in [-0.39, 0.29) is 17.2 Å². The summed E-state index contributed by atoms with van der Waals surface area (Å²) in [6.07, 6.45) is 0.361. The lowest BCUT2D eigenvalue weighted by molar-refractivity contribution is -0.152. The molecule has 0 aliphatic carbocycles. The fraction of sp³-hybridized carbons (Fsp3) is 0.556. The molecule has 2 unspecified atom stereocenters. The first-order chi connectivity index (χ1) is 10.6. The first-order valence-electron chi connectivity index (χ1n) is 7.91. The number of thiol groups is 1.